The number of carbonyl (C=O) groups is 1. The van der Waals surface area contributed by atoms with Gasteiger partial charge in [-0.2, -0.15) is 0 Å². The van der Waals surface area contributed by atoms with Crippen LogP contribution in [0.25, 0.3) is 21.7 Å². The predicted octanol–water partition coefficient (Wildman–Crippen LogP) is 6.63. The van der Waals surface area contributed by atoms with E-state index in [-0.39, 0.29) is 5.91 Å². The summed E-state index contributed by atoms with van der Waals surface area (Å²) in [7, 11) is 0. The average molecular weight is 368 g/mol. The van der Waals surface area contributed by atoms with Gasteiger partial charge in [-0.1, -0.05) is 68.3 Å². The molecule has 140 valence electrons. The lowest BCUT2D eigenvalue weighted by Gasteiger charge is -2.24. The smallest absolute Gasteiger partial charge is 0.231 e. The number of nitrogens with zero attached hydrogens (tertiary/aromatic N) is 2. The van der Waals surface area contributed by atoms with Gasteiger partial charge in [-0.25, -0.2) is 0 Å². The van der Waals surface area contributed by atoms with Crippen molar-refractivity contribution in [1.82, 2.24) is 4.98 Å². The van der Waals surface area contributed by atoms with Crippen molar-refractivity contribution in [3.05, 3.63) is 79.0 Å². The van der Waals surface area contributed by atoms with Gasteiger partial charge in [0.25, 0.3) is 0 Å². The average Bonchev–Trinajstić information content (AvgIpc) is 2.74. The number of rotatable bonds is 6. The normalized spacial score (nSPS) is 11.0. The first-order valence-corrected chi connectivity index (χ1v) is 9.93. The lowest BCUT2D eigenvalue weighted by Crippen LogP contribution is -2.26. The van der Waals surface area contributed by atoms with E-state index in [9.17, 15) is 4.79 Å². The van der Waals surface area contributed by atoms with Gasteiger partial charge in [0.2, 0.25) is 5.91 Å². The number of hydrogen-bond acceptors (Lipinski definition) is 2. The molecule has 0 saturated carbocycles. The summed E-state index contributed by atoms with van der Waals surface area (Å²) in [5.41, 5.74) is 2.58. The molecule has 0 N–H and O–H groups in total. The second-order valence-corrected chi connectivity index (χ2v) is 7.07. The van der Waals surface area contributed by atoms with Crippen LogP contribution >= 0.6 is 0 Å². The molecular weight excluding hydrogens is 344 g/mol. The monoisotopic (exact) mass is 368 g/mol. The Morgan fingerprint density at radius 1 is 0.857 bits per heavy atom. The van der Waals surface area contributed by atoms with E-state index in [1.54, 1.807) is 6.20 Å². The van der Waals surface area contributed by atoms with Crippen molar-refractivity contribution in [3.8, 4) is 0 Å². The summed E-state index contributed by atoms with van der Waals surface area (Å²) in [5, 5.41) is 3.33. The number of para-hydroxylation sites is 1. The Bertz CT molecular complexity index is 1110. The molecule has 4 aromatic rings. The van der Waals surface area contributed by atoms with E-state index < -0.39 is 0 Å². The van der Waals surface area contributed by atoms with E-state index in [0.29, 0.717) is 6.42 Å². The topological polar surface area (TPSA) is 33.2 Å². The van der Waals surface area contributed by atoms with Crippen molar-refractivity contribution in [2.24, 2.45) is 0 Å². The number of carbonyl (C=O) groups excluding carboxylic acids is 1. The Kier molecular flexibility index (Phi) is 5.34. The quantitative estimate of drug-likeness (QED) is 0.358. The lowest BCUT2D eigenvalue weighted by atomic mass is 10.1. The van der Waals surface area contributed by atoms with Crippen molar-refractivity contribution < 1.29 is 4.79 Å². The van der Waals surface area contributed by atoms with Crippen molar-refractivity contribution in [2.45, 2.75) is 32.6 Å². The molecule has 4 rings (SSSR count). The summed E-state index contributed by atoms with van der Waals surface area (Å²) in [5.74, 6) is 0.113. The molecule has 28 heavy (non-hydrogen) atoms. The highest BCUT2D eigenvalue weighted by molar-refractivity contribution is 6.08. The van der Waals surface area contributed by atoms with Gasteiger partial charge in [-0.3, -0.25) is 14.7 Å². The Labute approximate surface area is 165 Å². The van der Waals surface area contributed by atoms with Gasteiger partial charge in [-0.15, -0.1) is 0 Å². The summed E-state index contributed by atoms with van der Waals surface area (Å²) < 4.78 is 0. The summed E-state index contributed by atoms with van der Waals surface area (Å²) in [6.45, 7) is 2.15. The van der Waals surface area contributed by atoms with E-state index in [4.69, 9.17) is 0 Å². The van der Waals surface area contributed by atoms with Crippen molar-refractivity contribution in [2.75, 3.05) is 4.90 Å². The third-order valence-corrected chi connectivity index (χ3v) is 5.09. The number of hydrogen-bond donors (Lipinski definition) is 0. The highest BCUT2D eigenvalue weighted by Crippen LogP contribution is 2.33. The summed E-state index contributed by atoms with van der Waals surface area (Å²) in [4.78, 5) is 19.7. The highest BCUT2D eigenvalue weighted by Gasteiger charge is 2.20. The molecule has 1 amide bonds. The molecule has 0 radical (unpaired) electrons. The van der Waals surface area contributed by atoms with Crippen molar-refractivity contribution in [3.63, 3.8) is 0 Å². The Hall–Kier alpha value is -3.20. The van der Waals surface area contributed by atoms with Crippen LogP contribution in [-0.4, -0.2) is 10.9 Å². The first-order chi connectivity index (χ1) is 13.8. The van der Waals surface area contributed by atoms with Crippen LogP contribution in [0.5, 0.6) is 0 Å². The third-order valence-electron chi connectivity index (χ3n) is 5.09. The van der Waals surface area contributed by atoms with Crippen LogP contribution in [0.4, 0.5) is 11.4 Å². The molecule has 0 fully saturated rings. The first kappa shape index (κ1) is 18.2. The fraction of sp³-hybridized carbons (Fsp3) is 0.200. The molecule has 0 atom stereocenters. The van der Waals surface area contributed by atoms with Gasteiger partial charge in [0.05, 0.1) is 11.2 Å². The number of aromatic nitrogens is 1. The number of unbranched alkanes of at least 4 members (excludes halogenated alkanes) is 2. The van der Waals surface area contributed by atoms with Crippen molar-refractivity contribution >= 4 is 39.0 Å². The zero-order valence-corrected chi connectivity index (χ0v) is 16.1. The van der Waals surface area contributed by atoms with E-state index in [2.05, 4.69) is 36.2 Å². The summed E-state index contributed by atoms with van der Waals surface area (Å²) in [6.07, 6.45) is 5.37. The highest BCUT2D eigenvalue weighted by atomic mass is 16.2. The second-order valence-electron chi connectivity index (χ2n) is 7.07. The maximum absolute atomic E-state index is 13.3. The van der Waals surface area contributed by atoms with E-state index in [0.717, 1.165) is 46.9 Å². The van der Waals surface area contributed by atoms with Crippen LogP contribution in [0.2, 0.25) is 0 Å². The lowest BCUT2D eigenvalue weighted by molar-refractivity contribution is -0.118. The fourth-order valence-electron chi connectivity index (χ4n) is 3.64. The minimum absolute atomic E-state index is 0.113. The van der Waals surface area contributed by atoms with E-state index in [1.165, 1.54) is 5.39 Å². The fourth-order valence-corrected chi connectivity index (χ4v) is 3.64. The molecule has 0 unspecified atom stereocenters. The standard InChI is InChI=1S/C25H24N2O/c1-2-3-4-14-24(28)27(22-16-15-19-9-5-6-10-21(19)18-22)23-13-7-11-20-12-8-17-26-25(20)23/h5-13,15-18H,2-4,14H2,1H3. The number of anilines is 2. The molecule has 1 heterocycles. The molecule has 1 aromatic heterocycles. The third kappa shape index (κ3) is 3.61. The molecule has 0 saturated heterocycles. The number of fused-ring (bicyclic) bond motifs is 2. The maximum Gasteiger partial charge on any atom is 0.231 e. The van der Waals surface area contributed by atoms with Crippen LogP contribution in [0.1, 0.15) is 32.6 Å². The number of pyridine rings is 1. The molecule has 3 heteroatoms. The van der Waals surface area contributed by atoms with Crippen LogP contribution in [-0.2, 0) is 4.79 Å². The SMILES string of the molecule is CCCCCC(=O)N(c1ccc2ccccc2c1)c1cccc2cccnc12. The van der Waals surface area contributed by atoms with Gasteiger partial charge >= 0.3 is 0 Å². The number of amides is 1. The Balaban J connectivity index is 1.84. The Morgan fingerprint density at radius 2 is 1.64 bits per heavy atom. The van der Waals surface area contributed by atoms with Crippen molar-refractivity contribution in [1.29, 1.82) is 0 Å². The largest absolute Gasteiger partial charge is 0.279 e. The van der Waals surface area contributed by atoms with E-state index in [1.807, 2.05) is 53.4 Å². The molecule has 3 nitrogen and oxygen atoms in total. The second kappa shape index (κ2) is 8.22. The first-order valence-electron chi connectivity index (χ1n) is 9.93. The molecule has 3 aromatic carbocycles. The van der Waals surface area contributed by atoms with Gasteiger partial charge in [0.1, 0.15) is 0 Å². The minimum Gasteiger partial charge on any atom is -0.279 e. The zero-order valence-electron chi connectivity index (χ0n) is 16.1. The maximum atomic E-state index is 13.3. The molecule has 0 aliphatic rings. The molecule has 0 bridgehead atoms. The zero-order chi connectivity index (χ0) is 19.3. The summed E-state index contributed by atoms with van der Waals surface area (Å²) >= 11 is 0. The molecular formula is C25H24N2O. The molecule has 0 aliphatic heterocycles. The summed E-state index contributed by atoms with van der Waals surface area (Å²) in [6, 6.07) is 24.4. The minimum atomic E-state index is 0.113. The van der Waals surface area contributed by atoms with Crippen LogP contribution in [0.15, 0.2) is 79.0 Å². The van der Waals surface area contributed by atoms with Gasteiger partial charge < -0.3 is 0 Å². The molecule has 0 spiro atoms. The van der Waals surface area contributed by atoms with Crippen LogP contribution < -0.4 is 4.90 Å². The number of benzene rings is 3. The molecule has 0 aliphatic carbocycles. The van der Waals surface area contributed by atoms with E-state index >= 15 is 0 Å². The van der Waals surface area contributed by atoms with Gasteiger partial charge in [0, 0.05) is 23.7 Å². The van der Waals surface area contributed by atoms with Crippen LogP contribution in [0.3, 0.4) is 0 Å². The van der Waals surface area contributed by atoms with Crippen LogP contribution in [0, 0.1) is 0 Å². The Morgan fingerprint density at radius 3 is 2.50 bits per heavy atom. The predicted molar refractivity (Wildman–Crippen MR) is 117 cm³/mol. The van der Waals surface area contributed by atoms with Gasteiger partial charge in [-0.05, 0) is 41.5 Å². The van der Waals surface area contributed by atoms with Gasteiger partial charge in [0.15, 0.2) is 0 Å².